The van der Waals surface area contributed by atoms with Gasteiger partial charge in [0.1, 0.15) is 18.1 Å². The predicted molar refractivity (Wildman–Crippen MR) is 151 cm³/mol. The Morgan fingerprint density at radius 3 is 2.56 bits per heavy atom. The van der Waals surface area contributed by atoms with Crippen LogP contribution in [0.2, 0.25) is 0 Å². The summed E-state index contributed by atoms with van der Waals surface area (Å²) < 4.78 is 54.6. The Hall–Kier alpha value is -2.42. The third kappa shape index (κ3) is 8.29. The Morgan fingerprint density at radius 1 is 1.03 bits per heavy atom. The molecular weight excluding hydrogens is 594 g/mol. The van der Waals surface area contributed by atoms with Crippen LogP contribution in [0.3, 0.4) is 0 Å². The van der Waals surface area contributed by atoms with Crippen LogP contribution in [0.4, 0.5) is 11.4 Å². The first-order chi connectivity index (χ1) is 18.7. The zero-order valence-electron chi connectivity index (χ0n) is 22.1. The number of hydrogen-bond acceptors (Lipinski definition) is 9. The highest BCUT2D eigenvalue weighted by Crippen LogP contribution is 2.36. The molecule has 0 saturated carbocycles. The van der Waals surface area contributed by atoms with Gasteiger partial charge < -0.3 is 28.6 Å². The summed E-state index contributed by atoms with van der Waals surface area (Å²) in [7, 11) is -2.04. The third-order valence-electron chi connectivity index (χ3n) is 6.31. The van der Waals surface area contributed by atoms with E-state index in [1.54, 1.807) is 36.3 Å². The molecule has 1 fully saturated rings. The minimum Gasteiger partial charge on any atom is -0.491 e. The molecule has 2 aromatic carbocycles. The fraction of sp³-hybridized carbons (Fsp3) is 0.500. The zero-order chi connectivity index (χ0) is 27.8. The van der Waals surface area contributed by atoms with Gasteiger partial charge in [-0.15, -0.1) is 0 Å². The van der Waals surface area contributed by atoms with Crippen molar-refractivity contribution in [2.45, 2.75) is 6.42 Å². The number of benzene rings is 2. The molecule has 1 saturated heterocycles. The van der Waals surface area contributed by atoms with Gasteiger partial charge in [0.25, 0.3) is 5.91 Å². The third-order valence-corrected chi connectivity index (χ3v) is 7.52. The van der Waals surface area contributed by atoms with Crippen molar-refractivity contribution < 1.29 is 36.9 Å². The van der Waals surface area contributed by atoms with E-state index in [1.165, 1.54) is 0 Å². The molecule has 13 heteroatoms. The lowest BCUT2D eigenvalue weighted by Crippen LogP contribution is -2.39. The van der Waals surface area contributed by atoms with E-state index in [0.29, 0.717) is 49.8 Å². The standard InChI is InChI=1S/C26H34BrN3O8S/c1-34-13-14-36-18-38-24-4-3-20(16-23(24)28-39(2,32)33)30-6-5-19-15-22(27)25(17-21(19)26(30)31)37-12-9-29-7-10-35-11-8-29/h3-4,15-17,28H,5-14,18H2,1-2H3. The van der Waals surface area contributed by atoms with Crippen LogP contribution in [0.15, 0.2) is 34.8 Å². The quantitative estimate of drug-likeness (QED) is 0.264. The van der Waals surface area contributed by atoms with Gasteiger partial charge in [-0.25, -0.2) is 8.42 Å². The van der Waals surface area contributed by atoms with E-state index in [1.807, 2.05) is 6.07 Å². The summed E-state index contributed by atoms with van der Waals surface area (Å²) in [5, 5.41) is 0. The van der Waals surface area contributed by atoms with E-state index < -0.39 is 10.0 Å². The van der Waals surface area contributed by atoms with E-state index in [-0.39, 0.29) is 24.1 Å². The Morgan fingerprint density at radius 2 is 1.82 bits per heavy atom. The van der Waals surface area contributed by atoms with Gasteiger partial charge in [-0.1, -0.05) is 0 Å². The number of ether oxygens (including phenoxy) is 5. The van der Waals surface area contributed by atoms with Crippen LogP contribution in [0.1, 0.15) is 15.9 Å². The van der Waals surface area contributed by atoms with Gasteiger partial charge in [-0.05, 0) is 58.2 Å². The van der Waals surface area contributed by atoms with Crippen LogP contribution < -0.4 is 19.1 Å². The van der Waals surface area contributed by atoms with E-state index >= 15 is 0 Å². The molecule has 0 spiro atoms. The molecule has 0 aromatic heterocycles. The van der Waals surface area contributed by atoms with Crippen molar-refractivity contribution >= 4 is 43.2 Å². The minimum absolute atomic E-state index is 0.0830. The van der Waals surface area contributed by atoms with Gasteiger partial charge in [0.2, 0.25) is 10.0 Å². The molecule has 1 N–H and O–H groups in total. The second-order valence-electron chi connectivity index (χ2n) is 9.17. The van der Waals surface area contributed by atoms with Gasteiger partial charge in [-0.3, -0.25) is 14.4 Å². The first kappa shape index (κ1) is 29.6. The number of carbonyl (C=O) groups is 1. The van der Waals surface area contributed by atoms with Crippen LogP contribution in [0.5, 0.6) is 11.5 Å². The number of rotatable bonds is 13. The zero-order valence-corrected chi connectivity index (χ0v) is 24.5. The van der Waals surface area contributed by atoms with Crippen molar-refractivity contribution in [1.29, 1.82) is 0 Å². The lowest BCUT2D eigenvalue weighted by atomic mass is 9.98. The van der Waals surface area contributed by atoms with E-state index in [2.05, 4.69) is 25.6 Å². The monoisotopic (exact) mass is 627 g/mol. The van der Waals surface area contributed by atoms with Gasteiger partial charge in [0.15, 0.2) is 6.79 Å². The molecule has 2 aliphatic rings. The van der Waals surface area contributed by atoms with Crippen molar-refractivity contribution in [3.05, 3.63) is 45.9 Å². The number of fused-ring (bicyclic) bond motifs is 1. The SMILES string of the molecule is COCCOCOc1ccc(N2CCc3cc(Br)c(OCCN4CCOCC4)cc3C2=O)cc1NS(C)(=O)=O. The summed E-state index contributed by atoms with van der Waals surface area (Å²) in [5.41, 5.74) is 2.23. The number of nitrogens with one attached hydrogen (secondary N) is 1. The van der Waals surface area contributed by atoms with E-state index in [4.69, 9.17) is 23.7 Å². The largest absolute Gasteiger partial charge is 0.491 e. The summed E-state index contributed by atoms with van der Waals surface area (Å²) in [6, 6.07) is 8.64. The molecule has 214 valence electrons. The number of methoxy groups -OCH3 is 1. The molecule has 11 nitrogen and oxygen atoms in total. The summed E-state index contributed by atoms with van der Waals surface area (Å²) >= 11 is 3.58. The summed E-state index contributed by atoms with van der Waals surface area (Å²) in [5.74, 6) is 0.698. The predicted octanol–water partition coefficient (Wildman–Crippen LogP) is 2.73. The highest BCUT2D eigenvalue weighted by atomic mass is 79.9. The molecule has 0 bridgehead atoms. The van der Waals surface area contributed by atoms with Gasteiger partial charge in [0, 0.05) is 44.5 Å². The number of morpholine rings is 1. The number of carbonyl (C=O) groups excluding carboxylic acids is 1. The maximum atomic E-state index is 13.6. The van der Waals surface area contributed by atoms with Crippen LogP contribution in [0, 0.1) is 0 Å². The molecule has 2 heterocycles. The van der Waals surface area contributed by atoms with Gasteiger partial charge >= 0.3 is 0 Å². The molecule has 1 amide bonds. The van der Waals surface area contributed by atoms with Crippen LogP contribution >= 0.6 is 15.9 Å². The summed E-state index contributed by atoms with van der Waals surface area (Å²) in [6.45, 7) is 5.57. The van der Waals surface area contributed by atoms with Crippen molar-refractivity contribution in [1.82, 2.24) is 4.90 Å². The maximum Gasteiger partial charge on any atom is 0.258 e. The topological polar surface area (TPSA) is 116 Å². The number of amides is 1. The Balaban J connectivity index is 1.49. The first-order valence-electron chi connectivity index (χ1n) is 12.6. The number of hydrogen-bond donors (Lipinski definition) is 1. The lowest BCUT2D eigenvalue weighted by Gasteiger charge is -2.30. The highest BCUT2D eigenvalue weighted by Gasteiger charge is 2.28. The average molecular weight is 629 g/mol. The van der Waals surface area contributed by atoms with Crippen molar-refractivity contribution in [2.24, 2.45) is 0 Å². The Labute approximate surface area is 237 Å². The smallest absolute Gasteiger partial charge is 0.258 e. The second-order valence-corrected chi connectivity index (χ2v) is 11.8. The van der Waals surface area contributed by atoms with Crippen LogP contribution in [-0.2, 0) is 30.7 Å². The molecule has 0 atom stereocenters. The second kappa shape index (κ2) is 13.8. The average Bonchev–Trinajstić information content (AvgIpc) is 2.90. The van der Waals surface area contributed by atoms with E-state index in [0.717, 1.165) is 49.1 Å². The molecular formula is C26H34BrN3O8S. The number of halogens is 1. The van der Waals surface area contributed by atoms with Crippen molar-refractivity contribution in [3.8, 4) is 11.5 Å². The van der Waals surface area contributed by atoms with E-state index in [9.17, 15) is 13.2 Å². The first-order valence-corrected chi connectivity index (χ1v) is 15.3. The van der Waals surface area contributed by atoms with Crippen LogP contribution in [0.25, 0.3) is 0 Å². The molecule has 39 heavy (non-hydrogen) atoms. The number of nitrogens with zero attached hydrogens (tertiary/aromatic N) is 2. The minimum atomic E-state index is -3.60. The molecule has 2 aliphatic heterocycles. The molecule has 2 aromatic rings. The molecule has 0 unspecified atom stereocenters. The summed E-state index contributed by atoms with van der Waals surface area (Å²) in [6.07, 6.45) is 1.69. The molecule has 4 rings (SSSR count). The lowest BCUT2D eigenvalue weighted by molar-refractivity contribution is -0.00814. The Kier molecular flexibility index (Phi) is 10.4. The van der Waals surface area contributed by atoms with Crippen molar-refractivity contribution in [3.63, 3.8) is 0 Å². The molecule has 0 radical (unpaired) electrons. The fourth-order valence-electron chi connectivity index (χ4n) is 4.34. The van der Waals surface area contributed by atoms with Gasteiger partial charge in [-0.2, -0.15) is 0 Å². The number of anilines is 2. The number of sulfonamides is 1. The highest BCUT2D eigenvalue weighted by molar-refractivity contribution is 9.10. The maximum absolute atomic E-state index is 13.6. The van der Waals surface area contributed by atoms with Crippen LogP contribution in [-0.4, -0.2) is 98.6 Å². The fourth-order valence-corrected chi connectivity index (χ4v) is 5.41. The van der Waals surface area contributed by atoms with Crippen molar-refractivity contribution in [2.75, 3.05) is 89.0 Å². The summed E-state index contributed by atoms with van der Waals surface area (Å²) in [4.78, 5) is 17.5. The van der Waals surface area contributed by atoms with Gasteiger partial charge in [0.05, 0.1) is 42.8 Å². The molecule has 0 aliphatic carbocycles. The normalized spacial score (nSPS) is 16.2. The Bertz CT molecular complexity index is 1250.